The van der Waals surface area contributed by atoms with Crippen LogP contribution in [0.1, 0.15) is 30.4 Å². The number of carbonyl (C=O) groups is 1. The minimum atomic E-state index is -4.51. The fourth-order valence-electron chi connectivity index (χ4n) is 2.37. The van der Waals surface area contributed by atoms with E-state index in [2.05, 4.69) is 9.97 Å². The van der Waals surface area contributed by atoms with E-state index < -0.39 is 24.0 Å². The maximum atomic E-state index is 12.7. The molecule has 2 aliphatic heterocycles. The lowest BCUT2D eigenvalue weighted by molar-refractivity contribution is -0.141. The zero-order chi connectivity index (χ0) is 14.3. The molecule has 0 bridgehead atoms. The number of epoxide rings is 1. The molecule has 2 fully saturated rings. The van der Waals surface area contributed by atoms with Crippen LogP contribution in [0.15, 0.2) is 12.3 Å². The van der Waals surface area contributed by atoms with E-state index in [1.165, 1.54) is 4.90 Å². The SMILES string of the molecule is O=C(C1CO1)N1CCCC1c1nccc(C(F)(F)F)n1. The molecule has 0 aliphatic carbocycles. The topological polar surface area (TPSA) is 58.6 Å². The second kappa shape index (κ2) is 4.69. The molecule has 3 rings (SSSR count). The predicted octanol–water partition coefficient (Wildman–Crippen LogP) is 1.56. The zero-order valence-corrected chi connectivity index (χ0v) is 10.4. The molecule has 1 aromatic rings. The van der Waals surface area contributed by atoms with Gasteiger partial charge in [0.1, 0.15) is 5.69 Å². The van der Waals surface area contributed by atoms with Crippen molar-refractivity contribution < 1.29 is 22.7 Å². The van der Waals surface area contributed by atoms with E-state index in [0.717, 1.165) is 18.7 Å². The fraction of sp³-hybridized carbons (Fsp3) is 0.583. The number of likely N-dealkylation sites (tertiary alicyclic amines) is 1. The normalized spacial score (nSPS) is 25.9. The highest BCUT2D eigenvalue weighted by atomic mass is 19.4. The van der Waals surface area contributed by atoms with E-state index in [0.29, 0.717) is 19.6 Å². The van der Waals surface area contributed by atoms with Crippen molar-refractivity contribution in [2.45, 2.75) is 31.2 Å². The van der Waals surface area contributed by atoms with Crippen LogP contribution in [0.3, 0.4) is 0 Å². The summed E-state index contributed by atoms with van der Waals surface area (Å²) < 4.78 is 42.9. The summed E-state index contributed by atoms with van der Waals surface area (Å²) in [6.45, 7) is 0.883. The van der Waals surface area contributed by atoms with Crippen LogP contribution in [0, 0.1) is 0 Å². The van der Waals surface area contributed by atoms with Gasteiger partial charge >= 0.3 is 6.18 Å². The molecule has 1 aromatic heterocycles. The predicted molar refractivity (Wildman–Crippen MR) is 60.5 cm³/mol. The third kappa shape index (κ3) is 2.47. The minimum absolute atomic E-state index is 0.0475. The van der Waals surface area contributed by atoms with Crippen molar-refractivity contribution in [3.63, 3.8) is 0 Å². The lowest BCUT2D eigenvalue weighted by atomic mass is 10.2. The van der Waals surface area contributed by atoms with E-state index in [9.17, 15) is 18.0 Å². The molecule has 108 valence electrons. The van der Waals surface area contributed by atoms with Gasteiger partial charge in [-0.1, -0.05) is 0 Å². The summed E-state index contributed by atoms with van der Waals surface area (Å²) in [5.74, 6) is -0.139. The molecule has 2 atom stereocenters. The molecule has 0 spiro atoms. The number of carbonyl (C=O) groups excluding carboxylic acids is 1. The maximum absolute atomic E-state index is 12.7. The molecule has 20 heavy (non-hydrogen) atoms. The van der Waals surface area contributed by atoms with Crippen LogP contribution in [0.4, 0.5) is 13.2 Å². The molecule has 3 heterocycles. The van der Waals surface area contributed by atoms with Gasteiger partial charge in [0.25, 0.3) is 5.91 Å². The van der Waals surface area contributed by atoms with E-state index in [4.69, 9.17) is 4.74 Å². The summed E-state index contributed by atoms with van der Waals surface area (Å²) in [7, 11) is 0. The Balaban J connectivity index is 1.85. The van der Waals surface area contributed by atoms with Crippen LogP contribution in [0.5, 0.6) is 0 Å². The van der Waals surface area contributed by atoms with Gasteiger partial charge in [0.05, 0.1) is 12.6 Å². The summed E-state index contributed by atoms with van der Waals surface area (Å²) in [5, 5.41) is 0. The molecule has 1 amide bonds. The lowest BCUT2D eigenvalue weighted by Crippen LogP contribution is -2.35. The summed E-state index contributed by atoms with van der Waals surface area (Å²) in [6.07, 6.45) is -2.58. The monoisotopic (exact) mass is 287 g/mol. The van der Waals surface area contributed by atoms with Gasteiger partial charge in [0, 0.05) is 12.7 Å². The van der Waals surface area contributed by atoms with Crippen LogP contribution in [0.2, 0.25) is 0 Å². The summed E-state index contributed by atoms with van der Waals surface area (Å²) in [5.41, 5.74) is -0.982. The average Bonchev–Trinajstić information content (AvgIpc) is 3.14. The van der Waals surface area contributed by atoms with Gasteiger partial charge in [-0.05, 0) is 18.9 Å². The van der Waals surface area contributed by atoms with Gasteiger partial charge in [0.15, 0.2) is 11.9 Å². The molecule has 0 N–H and O–H groups in total. The Morgan fingerprint density at radius 3 is 2.85 bits per heavy atom. The number of ether oxygens (including phenoxy) is 1. The van der Waals surface area contributed by atoms with Crippen molar-refractivity contribution >= 4 is 5.91 Å². The van der Waals surface area contributed by atoms with Crippen LogP contribution >= 0.6 is 0 Å². The first-order valence-corrected chi connectivity index (χ1v) is 6.29. The van der Waals surface area contributed by atoms with E-state index >= 15 is 0 Å². The second-order valence-electron chi connectivity index (χ2n) is 4.81. The highest BCUT2D eigenvalue weighted by Crippen LogP contribution is 2.34. The van der Waals surface area contributed by atoms with Crippen molar-refractivity contribution in [1.82, 2.24) is 14.9 Å². The molecular formula is C12H12F3N3O2. The quantitative estimate of drug-likeness (QED) is 0.774. The summed E-state index contributed by atoms with van der Waals surface area (Å²) in [4.78, 5) is 21.0. The molecular weight excluding hydrogens is 275 g/mol. The molecule has 2 aliphatic rings. The van der Waals surface area contributed by atoms with Crippen molar-refractivity contribution in [3.05, 3.63) is 23.8 Å². The van der Waals surface area contributed by atoms with Gasteiger partial charge in [-0.2, -0.15) is 13.2 Å². The fourth-order valence-corrected chi connectivity index (χ4v) is 2.37. The second-order valence-corrected chi connectivity index (χ2v) is 4.81. The third-order valence-corrected chi connectivity index (χ3v) is 3.41. The summed E-state index contributed by atoms with van der Waals surface area (Å²) >= 11 is 0. The number of rotatable bonds is 2. The van der Waals surface area contributed by atoms with Crippen molar-refractivity contribution in [1.29, 1.82) is 0 Å². The molecule has 2 unspecified atom stereocenters. The van der Waals surface area contributed by atoms with Gasteiger partial charge in [0.2, 0.25) is 0 Å². The first kappa shape index (κ1) is 13.3. The number of hydrogen-bond acceptors (Lipinski definition) is 4. The maximum Gasteiger partial charge on any atom is 0.433 e. The summed E-state index contributed by atoms with van der Waals surface area (Å²) in [6, 6.07) is 0.336. The van der Waals surface area contributed by atoms with Gasteiger partial charge in [-0.3, -0.25) is 4.79 Å². The standard InChI is InChI=1S/C12H12F3N3O2/c13-12(14,15)9-3-4-16-10(17-9)7-2-1-5-18(7)11(19)8-6-20-8/h3-4,7-8H,1-2,5-6H2. The largest absolute Gasteiger partial charge is 0.433 e. The zero-order valence-electron chi connectivity index (χ0n) is 10.4. The Hall–Kier alpha value is -1.70. The van der Waals surface area contributed by atoms with Crippen molar-refractivity contribution in [3.8, 4) is 0 Å². The van der Waals surface area contributed by atoms with Crippen LogP contribution < -0.4 is 0 Å². The van der Waals surface area contributed by atoms with Gasteiger partial charge in [-0.25, -0.2) is 9.97 Å². The number of alkyl halides is 3. The minimum Gasteiger partial charge on any atom is -0.363 e. The molecule has 0 aromatic carbocycles. The molecule has 5 nitrogen and oxygen atoms in total. The number of hydrogen-bond donors (Lipinski definition) is 0. The van der Waals surface area contributed by atoms with Crippen LogP contribution in [0.25, 0.3) is 0 Å². The third-order valence-electron chi connectivity index (χ3n) is 3.41. The number of amides is 1. The Morgan fingerprint density at radius 1 is 1.45 bits per heavy atom. The Labute approximate surface area is 112 Å². The molecule has 0 saturated carbocycles. The van der Waals surface area contributed by atoms with Crippen LogP contribution in [-0.2, 0) is 15.7 Å². The lowest BCUT2D eigenvalue weighted by Gasteiger charge is -2.23. The molecule has 2 saturated heterocycles. The highest BCUT2D eigenvalue weighted by Gasteiger charge is 2.41. The Bertz CT molecular complexity index is 531. The number of halogens is 3. The van der Waals surface area contributed by atoms with Crippen molar-refractivity contribution in [2.75, 3.05) is 13.2 Å². The molecule has 0 radical (unpaired) electrons. The number of nitrogens with zero attached hydrogens (tertiary/aromatic N) is 3. The first-order chi connectivity index (χ1) is 9.47. The smallest absolute Gasteiger partial charge is 0.363 e. The molecule has 8 heteroatoms. The average molecular weight is 287 g/mol. The number of aromatic nitrogens is 2. The highest BCUT2D eigenvalue weighted by molar-refractivity contribution is 5.83. The van der Waals surface area contributed by atoms with Crippen molar-refractivity contribution in [2.24, 2.45) is 0 Å². The first-order valence-electron chi connectivity index (χ1n) is 6.29. The van der Waals surface area contributed by atoms with E-state index in [1.807, 2.05) is 0 Å². The Kier molecular flexibility index (Phi) is 3.12. The Morgan fingerprint density at radius 2 is 2.20 bits per heavy atom. The van der Waals surface area contributed by atoms with Crippen LogP contribution in [-0.4, -0.2) is 40.0 Å². The van der Waals surface area contributed by atoms with Gasteiger partial charge in [-0.15, -0.1) is 0 Å². The van der Waals surface area contributed by atoms with E-state index in [-0.39, 0.29) is 11.7 Å². The van der Waals surface area contributed by atoms with Gasteiger partial charge < -0.3 is 9.64 Å². The van der Waals surface area contributed by atoms with E-state index in [1.54, 1.807) is 0 Å².